The lowest BCUT2D eigenvalue weighted by atomic mass is 10.4. The van der Waals surface area contributed by atoms with E-state index in [0.29, 0.717) is 0 Å². The van der Waals surface area contributed by atoms with Gasteiger partial charge in [-0.2, -0.15) is 8.42 Å². The summed E-state index contributed by atoms with van der Waals surface area (Å²) in [6.07, 6.45) is 1.25. The molecule has 0 radical (unpaired) electrons. The molecule has 0 bridgehead atoms. The van der Waals surface area contributed by atoms with Crippen molar-refractivity contribution in [3.63, 3.8) is 0 Å². The molecule has 0 aliphatic rings. The Morgan fingerprint density at radius 3 is 2.18 bits per heavy atom. The summed E-state index contributed by atoms with van der Waals surface area (Å²) in [4.78, 5) is 0.0688. The predicted molar refractivity (Wildman–Crippen MR) is 63.9 cm³/mol. The molecule has 0 aromatic heterocycles. The first-order valence-electron chi connectivity index (χ1n) is 4.93. The van der Waals surface area contributed by atoms with Gasteiger partial charge in [0, 0.05) is 6.26 Å². The zero-order valence-corrected chi connectivity index (χ0v) is 11.0. The van der Waals surface area contributed by atoms with E-state index >= 15 is 0 Å². The van der Waals surface area contributed by atoms with Gasteiger partial charge in [0.2, 0.25) is 0 Å². The Hall–Kier alpha value is -0.920. The van der Waals surface area contributed by atoms with Crippen LogP contribution in [0, 0.1) is 0 Å². The van der Waals surface area contributed by atoms with Crippen LogP contribution < -0.4 is 0 Å². The van der Waals surface area contributed by atoms with Gasteiger partial charge in [-0.25, -0.2) is 8.42 Å². The summed E-state index contributed by atoms with van der Waals surface area (Å²) < 4.78 is 49.5. The average Bonchev–Trinajstić information content (AvgIpc) is 2.25. The van der Waals surface area contributed by atoms with Gasteiger partial charge in [-0.15, -0.1) is 0 Å². The standard InChI is InChI=1S/C10H14O5S2/c1-16(11,12)9-5-8-15-17(13,14)10-6-3-2-4-7-10/h2-4,6-7H,5,8-9H2,1H3. The number of hydrogen-bond acceptors (Lipinski definition) is 5. The molecule has 0 unspecified atom stereocenters. The fraction of sp³-hybridized carbons (Fsp3) is 0.400. The molecule has 17 heavy (non-hydrogen) atoms. The van der Waals surface area contributed by atoms with Crippen molar-refractivity contribution in [2.45, 2.75) is 11.3 Å². The maximum atomic E-state index is 11.6. The van der Waals surface area contributed by atoms with E-state index in [1.807, 2.05) is 0 Å². The van der Waals surface area contributed by atoms with Crippen molar-refractivity contribution in [3.8, 4) is 0 Å². The van der Waals surface area contributed by atoms with E-state index in [9.17, 15) is 16.8 Å². The van der Waals surface area contributed by atoms with E-state index in [1.165, 1.54) is 12.1 Å². The van der Waals surface area contributed by atoms with Gasteiger partial charge in [0.1, 0.15) is 9.84 Å². The highest BCUT2D eigenvalue weighted by atomic mass is 32.2. The van der Waals surface area contributed by atoms with Crippen LogP contribution in [0.2, 0.25) is 0 Å². The van der Waals surface area contributed by atoms with Gasteiger partial charge >= 0.3 is 0 Å². The Morgan fingerprint density at radius 1 is 1.06 bits per heavy atom. The van der Waals surface area contributed by atoms with E-state index in [4.69, 9.17) is 4.18 Å². The minimum Gasteiger partial charge on any atom is -0.266 e. The third-order valence-corrected chi connectivity index (χ3v) is 4.29. The van der Waals surface area contributed by atoms with E-state index in [2.05, 4.69) is 0 Å². The Balaban J connectivity index is 2.53. The molecule has 7 heteroatoms. The van der Waals surface area contributed by atoms with E-state index in [-0.39, 0.29) is 23.7 Å². The molecule has 96 valence electrons. The summed E-state index contributed by atoms with van der Waals surface area (Å²) in [6, 6.07) is 7.72. The molecule has 1 aromatic carbocycles. The highest BCUT2D eigenvalue weighted by molar-refractivity contribution is 7.90. The maximum absolute atomic E-state index is 11.6. The fourth-order valence-corrected chi connectivity index (χ4v) is 2.75. The monoisotopic (exact) mass is 278 g/mol. The van der Waals surface area contributed by atoms with Crippen LogP contribution in [0.15, 0.2) is 35.2 Å². The first kappa shape index (κ1) is 14.1. The Morgan fingerprint density at radius 2 is 1.65 bits per heavy atom. The topological polar surface area (TPSA) is 77.5 Å². The molecule has 0 aliphatic carbocycles. The van der Waals surface area contributed by atoms with Crippen molar-refractivity contribution in [3.05, 3.63) is 30.3 Å². The summed E-state index contributed by atoms with van der Waals surface area (Å²) in [6.45, 7) is -0.135. The second-order valence-electron chi connectivity index (χ2n) is 3.57. The molecule has 1 rings (SSSR count). The van der Waals surface area contributed by atoms with Gasteiger partial charge in [-0.1, -0.05) is 18.2 Å². The van der Waals surface area contributed by atoms with Crippen LogP contribution in [0.3, 0.4) is 0 Å². The molecule has 0 atom stereocenters. The zero-order chi connectivity index (χ0) is 12.9. The van der Waals surface area contributed by atoms with Gasteiger partial charge in [0.15, 0.2) is 0 Å². The van der Waals surface area contributed by atoms with Crippen LogP contribution in [0.5, 0.6) is 0 Å². The number of rotatable bonds is 6. The summed E-state index contributed by atoms with van der Waals surface area (Å²) in [7, 11) is -6.85. The van der Waals surface area contributed by atoms with Gasteiger partial charge in [-0.3, -0.25) is 4.18 Å². The molecule has 0 aliphatic heterocycles. The van der Waals surface area contributed by atoms with Crippen molar-refractivity contribution in [2.24, 2.45) is 0 Å². The van der Waals surface area contributed by atoms with E-state index in [0.717, 1.165) is 6.26 Å². The molecular formula is C10H14O5S2. The number of hydrogen-bond donors (Lipinski definition) is 0. The van der Waals surface area contributed by atoms with Crippen molar-refractivity contribution in [2.75, 3.05) is 18.6 Å². The summed E-state index contributed by atoms with van der Waals surface area (Å²) in [5.74, 6) is -0.0860. The van der Waals surface area contributed by atoms with Crippen LogP contribution in [0.1, 0.15) is 6.42 Å². The lowest BCUT2D eigenvalue weighted by Gasteiger charge is -2.04. The van der Waals surface area contributed by atoms with Gasteiger partial charge in [-0.05, 0) is 18.6 Å². The third kappa shape index (κ3) is 5.29. The lowest BCUT2D eigenvalue weighted by molar-refractivity contribution is 0.318. The molecule has 0 saturated heterocycles. The van der Waals surface area contributed by atoms with Crippen LogP contribution in [-0.4, -0.2) is 35.5 Å². The highest BCUT2D eigenvalue weighted by Gasteiger charge is 2.14. The first-order valence-corrected chi connectivity index (χ1v) is 8.40. The second-order valence-corrected chi connectivity index (χ2v) is 7.45. The lowest BCUT2D eigenvalue weighted by Crippen LogP contribution is -2.11. The number of sulfone groups is 1. The SMILES string of the molecule is CS(=O)(=O)CCCOS(=O)(=O)c1ccccc1. The predicted octanol–water partition coefficient (Wildman–Crippen LogP) is 0.827. The first-order chi connectivity index (χ1) is 7.81. The normalized spacial score (nSPS) is 12.5. The maximum Gasteiger partial charge on any atom is 0.296 e. The molecule has 5 nitrogen and oxygen atoms in total. The van der Waals surface area contributed by atoms with Crippen molar-refractivity contribution in [1.29, 1.82) is 0 Å². The Labute approximate surface area is 101 Å². The second kappa shape index (κ2) is 5.61. The quantitative estimate of drug-likeness (QED) is 0.569. The summed E-state index contributed by atoms with van der Waals surface area (Å²) >= 11 is 0. The van der Waals surface area contributed by atoms with Crippen molar-refractivity contribution >= 4 is 20.0 Å². The van der Waals surface area contributed by atoms with Gasteiger partial charge in [0.05, 0.1) is 17.3 Å². The van der Waals surface area contributed by atoms with Crippen LogP contribution >= 0.6 is 0 Å². The molecular weight excluding hydrogens is 264 g/mol. The van der Waals surface area contributed by atoms with Gasteiger partial charge < -0.3 is 0 Å². The summed E-state index contributed by atoms with van der Waals surface area (Å²) in [5.41, 5.74) is 0. The van der Waals surface area contributed by atoms with Crippen LogP contribution in [0.25, 0.3) is 0 Å². The smallest absolute Gasteiger partial charge is 0.266 e. The van der Waals surface area contributed by atoms with Gasteiger partial charge in [0.25, 0.3) is 10.1 Å². The van der Waals surface area contributed by atoms with E-state index in [1.54, 1.807) is 18.2 Å². The fourth-order valence-electron chi connectivity index (χ4n) is 1.14. The molecule has 0 fully saturated rings. The average molecular weight is 278 g/mol. The minimum absolute atomic E-state index is 0.0688. The van der Waals surface area contributed by atoms with Crippen LogP contribution in [0.4, 0.5) is 0 Å². The number of benzene rings is 1. The Bertz CT molecular complexity index is 546. The zero-order valence-electron chi connectivity index (χ0n) is 9.37. The molecule has 0 N–H and O–H groups in total. The van der Waals surface area contributed by atoms with Crippen molar-refractivity contribution in [1.82, 2.24) is 0 Å². The minimum atomic E-state index is -3.77. The molecule has 0 amide bonds. The van der Waals surface area contributed by atoms with Crippen LogP contribution in [-0.2, 0) is 24.1 Å². The van der Waals surface area contributed by atoms with E-state index < -0.39 is 20.0 Å². The molecule has 0 heterocycles. The Kier molecular flexibility index (Phi) is 4.67. The molecule has 0 saturated carbocycles. The summed E-state index contributed by atoms with van der Waals surface area (Å²) in [5, 5.41) is 0. The molecule has 0 spiro atoms. The van der Waals surface area contributed by atoms with Crippen molar-refractivity contribution < 1.29 is 21.0 Å². The third-order valence-electron chi connectivity index (χ3n) is 1.93. The highest BCUT2D eigenvalue weighted by Crippen LogP contribution is 2.11. The largest absolute Gasteiger partial charge is 0.296 e. The molecule has 1 aromatic rings.